The van der Waals surface area contributed by atoms with Gasteiger partial charge in [-0.25, -0.2) is 0 Å². The zero-order chi connectivity index (χ0) is 11.2. The number of benzene rings is 1. The van der Waals surface area contributed by atoms with E-state index in [2.05, 4.69) is 55.1 Å². The molecule has 0 saturated carbocycles. The van der Waals surface area contributed by atoms with E-state index in [0.29, 0.717) is 0 Å². The number of aryl methyl sites for hydroxylation is 1. The Hall–Kier alpha value is -1.51. The summed E-state index contributed by atoms with van der Waals surface area (Å²) in [5.74, 6) is 0. The summed E-state index contributed by atoms with van der Waals surface area (Å²) in [7, 11) is 0. The molecule has 0 unspecified atom stereocenters. The summed E-state index contributed by atoms with van der Waals surface area (Å²) in [6, 6.07) is 8.50. The van der Waals surface area contributed by atoms with Crippen LogP contribution >= 0.6 is 0 Å². The molecule has 1 aliphatic carbocycles. The molecule has 84 valence electrons. The van der Waals surface area contributed by atoms with Gasteiger partial charge in [-0.2, -0.15) is 0 Å². The summed E-state index contributed by atoms with van der Waals surface area (Å²) in [6.07, 6.45) is 14.2. The van der Waals surface area contributed by atoms with Crippen LogP contribution in [-0.4, -0.2) is 0 Å². The standard InChI is InChI=1S/C16H14.Cr/c1-14-8-10-16(11-9-14)13-12-15-6-4-2-3-5-7-15;/h2,4-13H,1H3;/b13-12+;. The third kappa shape index (κ3) is 4.47. The molecular formula is C16H14Cr. The minimum atomic E-state index is 0. The molecule has 1 aliphatic rings. The number of hydrogen-bond donors (Lipinski definition) is 0. The first kappa shape index (κ1) is 13.6. The molecule has 0 N–H and O–H groups in total. The van der Waals surface area contributed by atoms with E-state index < -0.39 is 0 Å². The van der Waals surface area contributed by atoms with Crippen molar-refractivity contribution >= 4 is 6.08 Å². The summed E-state index contributed by atoms with van der Waals surface area (Å²) >= 11 is 0. The van der Waals surface area contributed by atoms with Crippen molar-refractivity contribution in [3.8, 4) is 0 Å². The van der Waals surface area contributed by atoms with E-state index in [-0.39, 0.29) is 17.4 Å². The zero-order valence-corrected chi connectivity index (χ0v) is 11.0. The van der Waals surface area contributed by atoms with Gasteiger partial charge in [-0.15, -0.1) is 5.73 Å². The summed E-state index contributed by atoms with van der Waals surface area (Å²) in [6.45, 7) is 2.10. The fourth-order valence-corrected chi connectivity index (χ4v) is 1.45. The Morgan fingerprint density at radius 2 is 1.76 bits per heavy atom. The molecule has 2 rings (SSSR count). The molecule has 0 spiro atoms. The molecule has 1 heteroatoms. The molecule has 0 saturated heterocycles. The van der Waals surface area contributed by atoms with Crippen LogP contribution in [0.1, 0.15) is 11.1 Å². The van der Waals surface area contributed by atoms with Crippen molar-refractivity contribution in [1.29, 1.82) is 0 Å². The van der Waals surface area contributed by atoms with Crippen LogP contribution in [0.4, 0.5) is 0 Å². The molecule has 1 aromatic carbocycles. The van der Waals surface area contributed by atoms with Crippen LogP contribution < -0.4 is 0 Å². The molecule has 0 aliphatic heterocycles. The first-order valence-corrected chi connectivity index (χ1v) is 5.39. The van der Waals surface area contributed by atoms with Crippen LogP contribution in [0.25, 0.3) is 6.08 Å². The third-order valence-corrected chi connectivity index (χ3v) is 2.40. The molecule has 0 atom stereocenters. The van der Waals surface area contributed by atoms with Crippen molar-refractivity contribution in [3.05, 3.63) is 83.2 Å². The molecule has 0 amide bonds. The summed E-state index contributed by atoms with van der Waals surface area (Å²) < 4.78 is 0. The topological polar surface area (TPSA) is 0 Å². The van der Waals surface area contributed by atoms with Crippen LogP contribution in [0, 0.1) is 6.92 Å². The van der Waals surface area contributed by atoms with E-state index in [1.165, 1.54) is 16.7 Å². The average Bonchev–Trinajstić information content (AvgIpc) is 2.57. The minimum Gasteiger partial charge on any atom is -0.121 e. The van der Waals surface area contributed by atoms with Crippen molar-refractivity contribution in [1.82, 2.24) is 0 Å². The second-order valence-corrected chi connectivity index (χ2v) is 3.77. The first-order valence-electron chi connectivity index (χ1n) is 5.39. The third-order valence-electron chi connectivity index (χ3n) is 2.40. The van der Waals surface area contributed by atoms with Crippen LogP contribution in [0.5, 0.6) is 0 Å². The van der Waals surface area contributed by atoms with E-state index in [1.54, 1.807) is 0 Å². The van der Waals surface area contributed by atoms with Crippen LogP contribution in [0.3, 0.4) is 0 Å². The smallest absolute Gasteiger partial charge is 0 e. The Labute approximate surface area is 114 Å². The van der Waals surface area contributed by atoms with Gasteiger partial charge in [0.05, 0.1) is 0 Å². The molecule has 0 radical (unpaired) electrons. The van der Waals surface area contributed by atoms with Crippen molar-refractivity contribution in [3.63, 3.8) is 0 Å². The number of rotatable bonds is 2. The summed E-state index contributed by atoms with van der Waals surface area (Å²) in [5.41, 5.74) is 6.73. The van der Waals surface area contributed by atoms with E-state index in [0.717, 1.165) is 0 Å². The molecule has 0 bridgehead atoms. The zero-order valence-electron chi connectivity index (χ0n) is 9.76. The van der Waals surface area contributed by atoms with Crippen molar-refractivity contribution < 1.29 is 17.4 Å². The SMILES string of the molecule is Cc1ccc(/C=C/C2=CC=C=CC=C2)cc1.[Cr]. The predicted molar refractivity (Wildman–Crippen MR) is 70.1 cm³/mol. The van der Waals surface area contributed by atoms with Crippen LogP contribution in [-0.2, 0) is 17.4 Å². The molecule has 0 nitrogen and oxygen atoms in total. The Bertz CT molecular complexity index is 507. The Morgan fingerprint density at radius 3 is 2.53 bits per heavy atom. The van der Waals surface area contributed by atoms with Crippen LogP contribution in [0.2, 0.25) is 0 Å². The molecule has 0 heterocycles. The van der Waals surface area contributed by atoms with Crippen molar-refractivity contribution in [2.75, 3.05) is 0 Å². The molecule has 1 aromatic rings. The second kappa shape index (κ2) is 6.94. The molecule has 17 heavy (non-hydrogen) atoms. The normalized spacial score (nSPS) is 13.4. The number of allylic oxidation sites excluding steroid dienone is 6. The summed E-state index contributed by atoms with van der Waals surface area (Å²) in [4.78, 5) is 0. The van der Waals surface area contributed by atoms with Gasteiger partial charge in [-0.05, 0) is 36.3 Å². The van der Waals surface area contributed by atoms with Gasteiger partial charge in [0.15, 0.2) is 0 Å². The molecule has 0 fully saturated rings. The quantitative estimate of drug-likeness (QED) is 0.697. The Kier molecular flexibility index (Phi) is 5.54. The monoisotopic (exact) mass is 258 g/mol. The van der Waals surface area contributed by atoms with E-state index in [1.807, 2.05) is 24.3 Å². The van der Waals surface area contributed by atoms with Gasteiger partial charge < -0.3 is 0 Å². The van der Waals surface area contributed by atoms with E-state index >= 15 is 0 Å². The van der Waals surface area contributed by atoms with Gasteiger partial charge >= 0.3 is 0 Å². The van der Waals surface area contributed by atoms with Crippen LogP contribution in [0.15, 0.2) is 72.0 Å². The van der Waals surface area contributed by atoms with E-state index in [9.17, 15) is 0 Å². The molecule has 0 aromatic heterocycles. The largest absolute Gasteiger partial charge is 0.121 e. The fourth-order valence-electron chi connectivity index (χ4n) is 1.45. The number of hydrogen-bond acceptors (Lipinski definition) is 0. The maximum atomic E-state index is 3.04. The Balaban J connectivity index is 0.00000144. The van der Waals surface area contributed by atoms with Crippen molar-refractivity contribution in [2.24, 2.45) is 0 Å². The average molecular weight is 258 g/mol. The van der Waals surface area contributed by atoms with Gasteiger partial charge in [0.25, 0.3) is 0 Å². The van der Waals surface area contributed by atoms with Gasteiger partial charge in [0, 0.05) is 17.4 Å². The van der Waals surface area contributed by atoms with Gasteiger partial charge in [0.2, 0.25) is 0 Å². The first-order chi connectivity index (χ1) is 7.84. The fraction of sp³-hybridized carbons (Fsp3) is 0.0625. The second-order valence-electron chi connectivity index (χ2n) is 3.77. The summed E-state index contributed by atoms with van der Waals surface area (Å²) in [5, 5.41) is 0. The maximum absolute atomic E-state index is 3.04. The van der Waals surface area contributed by atoms with Gasteiger partial charge in [0.1, 0.15) is 0 Å². The van der Waals surface area contributed by atoms with Gasteiger partial charge in [-0.1, -0.05) is 54.1 Å². The van der Waals surface area contributed by atoms with Gasteiger partial charge in [-0.3, -0.25) is 0 Å². The van der Waals surface area contributed by atoms with E-state index in [4.69, 9.17) is 0 Å². The van der Waals surface area contributed by atoms with Crippen molar-refractivity contribution in [2.45, 2.75) is 6.92 Å². The molecular weight excluding hydrogens is 244 g/mol. The predicted octanol–water partition coefficient (Wildman–Crippen LogP) is 4.21. The maximum Gasteiger partial charge on any atom is 0 e. The Morgan fingerprint density at radius 1 is 1.00 bits per heavy atom. The minimum absolute atomic E-state index is 0.